The van der Waals surface area contributed by atoms with Crippen molar-refractivity contribution in [3.8, 4) is 0 Å². The highest BCUT2D eigenvalue weighted by Crippen LogP contribution is 2.29. The lowest BCUT2D eigenvalue weighted by atomic mass is 9.95. The van der Waals surface area contributed by atoms with Gasteiger partial charge in [0.1, 0.15) is 0 Å². The van der Waals surface area contributed by atoms with Gasteiger partial charge in [-0.15, -0.1) is 0 Å². The molecule has 1 N–H and O–H groups in total. The van der Waals surface area contributed by atoms with E-state index in [2.05, 4.69) is 22.3 Å². The molecule has 7 nitrogen and oxygen atoms in total. The van der Waals surface area contributed by atoms with Crippen molar-refractivity contribution in [3.63, 3.8) is 0 Å². The van der Waals surface area contributed by atoms with Crippen LogP contribution in [-0.4, -0.2) is 56.0 Å². The molecule has 3 fully saturated rings. The van der Waals surface area contributed by atoms with E-state index in [1.54, 1.807) is 4.90 Å². The SMILES string of the molecule is O=C1CCN(Cc2cccc(N3CCC(C4OCCO4)CC3)c2)C(=O)N1. The van der Waals surface area contributed by atoms with Crippen LogP contribution in [-0.2, 0) is 20.8 Å². The predicted molar refractivity (Wildman–Crippen MR) is 95.6 cm³/mol. The molecule has 26 heavy (non-hydrogen) atoms. The molecule has 3 aliphatic heterocycles. The summed E-state index contributed by atoms with van der Waals surface area (Å²) in [7, 11) is 0. The molecule has 0 spiro atoms. The summed E-state index contributed by atoms with van der Waals surface area (Å²) in [6.07, 6.45) is 2.46. The molecule has 1 aromatic rings. The van der Waals surface area contributed by atoms with E-state index in [-0.39, 0.29) is 18.2 Å². The van der Waals surface area contributed by atoms with Crippen LogP contribution in [0.1, 0.15) is 24.8 Å². The number of carbonyl (C=O) groups excluding carboxylic acids is 2. The van der Waals surface area contributed by atoms with Gasteiger partial charge in [-0.05, 0) is 30.5 Å². The quantitative estimate of drug-likeness (QED) is 0.886. The number of urea groups is 1. The summed E-state index contributed by atoms with van der Waals surface area (Å²) >= 11 is 0. The van der Waals surface area contributed by atoms with Crippen LogP contribution in [0.2, 0.25) is 0 Å². The first-order valence-electron chi connectivity index (χ1n) is 9.35. The first-order chi connectivity index (χ1) is 12.7. The van der Waals surface area contributed by atoms with Crippen molar-refractivity contribution in [2.24, 2.45) is 5.92 Å². The van der Waals surface area contributed by atoms with Gasteiger partial charge in [-0.3, -0.25) is 10.1 Å². The third-order valence-electron chi connectivity index (χ3n) is 5.36. The summed E-state index contributed by atoms with van der Waals surface area (Å²) in [4.78, 5) is 27.3. The van der Waals surface area contributed by atoms with Crippen molar-refractivity contribution in [2.75, 3.05) is 37.7 Å². The fraction of sp³-hybridized carbons (Fsp3) is 0.579. The number of piperidine rings is 1. The predicted octanol–water partition coefficient (Wildman–Crippen LogP) is 1.72. The molecule has 0 bridgehead atoms. The van der Waals surface area contributed by atoms with Gasteiger partial charge in [0.15, 0.2) is 6.29 Å². The summed E-state index contributed by atoms with van der Waals surface area (Å²) in [6.45, 7) is 4.38. The standard InChI is InChI=1S/C19H25N3O4/c23-17-6-9-22(19(24)20-17)13-14-2-1-3-16(12-14)21-7-4-15(5-8-21)18-25-10-11-26-18/h1-3,12,15,18H,4-11,13H2,(H,20,23,24). The van der Waals surface area contributed by atoms with E-state index in [0.29, 0.717) is 38.6 Å². The van der Waals surface area contributed by atoms with E-state index < -0.39 is 0 Å². The number of rotatable bonds is 4. The Morgan fingerprint density at radius 1 is 1.08 bits per heavy atom. The zero-order valence-corrected chi connectivity index (χ0v) is 14.9. The maximum atomic E-state index is 11.9. The maximum Gasteiger partial charge on any atom is 0.324 e. The first kappa shape index (κ1) is 17.3. The summed E-state index contributed by atoms with van der Waals surface area (Å²) in [5.74, 6) is 0.282. The average Bonchev–Trinajstić information content (AvgIpc) is 3.19. The molecular formula is C19H25N3O4. The second-order valence-electron chi connectivity index (χ2n) is 7.13. The van der Waals surface area contributed by atoms with Gasteiger partial charge in [-0.25, -0.2) is 4.79 Å². The van der Waals surface area contributed by atoms with Gasteiger partial charge in [0.05, 0.1) is 13.2 Å². The van der Waals surface area contributed by atoms with Crippen LogP contribution < -0.4 is 10.2 Å². The highest BCUT2D eigenvalue weighted by molar-refractivity contribution is 5.96. The van der Waals surface area contributed by atoms with Gasteiger partial charge < -0.3 is 19.3 Å². The Morgan fingerprint density at radius 2 is 1.85 bits per heavy atom. The van der Waals surface area contributed by atoms with Crippen molar-refractivity contribution in [1.82, 2.24) is 10.2 Å². The van der Waals surface area contributed by atoms with Crippen molar-refractivity contribution in [1.29, 1.82) is 0 Å². The largest absolute Gasteiger partial charge is 0.372 e. The van der Waals surface area contributed by atoms with Crippen molar-refractivity contribution in [3.05, 3.63) is 29.8 Å². The second-order valence-corrected chi connectivity index (χ2v) is 7.13. The lowest BCUT2D eigenvalue weighted by Gasteiger charge is -2.35. The maximum absolute atomic E-state index is 11.9. The fourth-order valence-corrected chi connectivity index (χ4v) is 3.90. The van der Waals surface area contributed by atoms with Gasteiger partial charge in [-0.1, -0.05) is 12.1 Å². The number of anilines is 1. The molecule has 3 saturated heterocycles. The van der Waals surface area contributed by atoms with Crippen LogP contribution in [0.4, 0.5) is 10.5 Å². The van der Waals surface area contributed by atoms with E-state index in [1.165, 1.54) is 5.69 Å². The Labute approximate surface area is 153 Å². The number of imide groups is 1. The molecule has 1 aromatic carbocycles. The zero-order valence-electron chi connectivity index (χ0n) is 14.9. The number of amides is 3. The van der Waals surface area contributed by atoms with Crippen LogP contribution in [0.25, 0.3) is 0 Å². The normalized spacial score (nSPS) is 22.8. The third-order valence-corrected chi connectivity index (χ3v) is 5.36. The molecule has 3 heterocycles. The Bertz CT molecular complexity index is 667. The molecule has 0 saturated carbocycles. The lowest BCUT2D eigenvalue weighted by Crippen LogP contribution is -2.48. The molecule has 0 unspecified atom stereocenters. The molecule has 140 valence electrons. The fourth-order valence-electron chi connectivity index (χ4n) is 3.90. The Hall–Kier alpha value is -2.12. The monoisotopic (exact) mass is 359 g/mol. The number of nitrogens with zero attached hydrogens (tertiary/aromatic N) is 2. The van der Waals surface area contributed by atoms with Gasteiger partial charge in [-0.2, -0.15) is 0 Å². The highest BCUT2D eigenvalue weighted by atomic mass is 16.7. The van der Waals surface area contributed by atoms with Crippen LogP contribution in [0.15, 0.2) is 24.3 Å². The minimum atomic E-state index is -0.302. The number of nitrogens with one attached hydrogen (secondary N) is 1. The van der Waals surface area contributed by atoms with E-state index >= 15 is 0 Å². The molecule has 0 aliphatic carbocycles. The first-order valence-corrected chi connectivity index (χ1v) is 9.35. The number of ether oxygens (including phenoxy) is 2. The summed E-state index contributed by atoms with van der Waals surface area (Å²) in [6, 6.07) is 8.02. The molecule has 0 atom stereocenters. The minimum Gasteiger partial charge on any atom is -0.372 e. The third kappa shape index (κ3) is 3.83. The number of hydrogen-bond donors (Lipinski definition) is 1. The van der Waals surface area contributed by atoms with Crippen molar-refractivity contribution >= 4 is 17.6 Å². The zero-order chi connectivity index (χ0) is 17.9. The van der Waals surface area contributed by atoms with Crippen molar-refractivity contribution in [2.45, 2.75) is 32.1 Å². The van der Waals surface area contributed by atoms with E-state index in [0.717, 1.165) is 31.5 Å². The van der Waals surface area contributed by atoms with Crippen LogP contribution in [0, 0.1) is 5.92 Å². The lowest BCUT2D eigenvalue weighted by molar-refractivity contribution is -0.121. The van der Waals surface area contributed by atoms with E-state index in [9.17, 15) is 9.59 Å². The van der Waals surface area contributed by atoms with Gasteiger partial charge in [0.2, 0.25) is 5.91 Å². The Kier molecular flexibility index (Phi) is 5.08. The Morgan fingerprint density at radius 3 is 2.58 bits per heavy atom. The van der Waals surface area contributed by atoms with Gasteiger partial charge in [0.25, 0.3) is 0 Å². The van der Waals surface area contributed by atoms with Gasteiger partial charge >= 0.3 is 6.03 Å². The van der Waals surface area contributed by atoms with E-state index in [4.69, 9.17) is 9.47 Å². The molecule has 3 amide bonds. The van der Waals surface area contributed by atoms with Crippen LogP contribution in [0.5, 0.6) is 0 Å². The summed E-state index contributed by atoms with van der Waals surface area (Å²) < 4.78 is 11.3. The van der Waals surface area contributed by atoms with Crippen LogP contribution in [0.3, 0.4) is 0 Å². The van der Waals surface area contributed by atoms with E-state index in [1.807, 2.05) is 12.1 Å². The summed E-state index contributed by atoms with van der Waals surface area (Å²) in [5.41, 5.74) is 2.26. The number of carbonyl (C=O) groups is 2. The molecule has 3 aliphatic rings. The molecule has 0 radical (unpaired) electrons. The Balaban J connectivity index is 1.35. The molecule has 7 heteroatoms. The molecule has 4 rings (SSSR count). The summed E-state index contributed by atoms with van der Waals surface area (Å²) in [5, 5.41) is 2.37. The van der Waals surface area contributed by atoms with Crippen LogP contribution >= 0.6 is 0 Å². The van der Waals surface area contributed by atoms with Crippen molar-refractivity contribution < 1.29 is 19.1 Å². The minimum absolute atomic E-state index is 0.0243. The van der Waals surface area contributed by atoms with Gasteiger partial charge in [0, 0.05) is 44.2 Å². The molecule has 0 aromatic heterocycles. The average molecular weight is 359 g/mol. The number of benzene rings is 1. The second kappa shape index (κ2) is 7.63. The number of hydrogen-bond acceptors (Lipinski definition) is 5. The smallest absolute Gasteiger partial charge is 0.324 e. The topological polar surface area (TPSA) is 71.1 Å². The molecular weight excluding hydrogens is 334 g/mol. The highest BCUT2D eigenvalue weighted by Gasteiger charge is 2.30.